The summed E-state index contributed by atoms with van der Waals surface area (Å²) in [4.78, 5) is 0.447. The predicted molar refractivity (Wildman–Crippen MR) is 89.7 cm³/mol. The quantitative estimate of drug-likeness (QED) is 0.722. The van der Waals surface area contributed by atoms with Crippen LogP contribution in [0.4, 0.5) is 0 Å². The smallest absolute Gasteiger partial charge is 0.0611 e. The monoisotopic (exact) mass is 365 g/mol. The van der Waals surface area contributed by atoms with E-state index >= 15 is 0 Å². The molecule has 5 atom stereocenters. The standard InChI is InChI=1S/C16H29BrClNO/c1-19-10-13(12-7-8-14(17)15(18)9-12)16(20)11-5-3-2-4-6-11/h11-16,19-20H,2-10H2,1H3/t12?,13-,14?,15?,16+/m1/s1. The van der Waals surface area contributed by atoms with Gasteiger partial charge in [0.25, 0.3) is 0 Å². The Morgan fingerprint density at radius 2 is 1.85 bits per heavy atom. The highest BCUT2D eigenvalue weighted by molar-refractivity contribution is 9.09. The van der Waals surface area contributed by atoms with Gasteiger partial charge in [-0.2, -0.15) is 0 Å². The van der Waals surface area contributed by atoms with Crippen molar-refractivity contribution < 1.29 is 5.11 Å². The van der Waals surface area contributed by atoms with Crippen LogP contribution in [0.15, 0.2) is 0 Å². The van der Waals surface area contributed by atoms with Crippen molar-refractivity contribution in [1.29, 1.82) is 0 Å². The molecule has 0 amide bonds. The number of rotatable bonds is 5. The van der Waals surface area contributed by atoms with Gasteiger partial charge in [-0.1, -0.05) is 35.2 Å². The molecule has 0 aromatic rings. The highest BCUT2D eigenvalue weighted by atomic mass is 79.9. The zero-order chi connectivity index (χ0) is 14.5. The number of aliphatic hydroxyl groups excluding tert-OH is 1. The second-order valence-corrected chi connectivity index (χ2v) is 8.45. The summed E-state index contributed by atoms with van der Waals surface area (Å²) in [6, 6.07) is 0. The summed E-state index contributed by atoms with van der Waals surface area (Å²) in [5.74, 6) is 1.44. The second kappa shape index (κ2) is 8.36. The molecule has 20 heavy (non-hydrogen) atoms. The fourth-order valence-electron chi connectivity index (χ4n) is 4.12. The van der Waals surface area contributed by atoms with E-state index in [4.69, 9.17) is 11.6 Å². The van der Waals surface area contributed by atoms with Crippen molar-refractivity contribution in [2.24, 2.45) is 17.8 Å². The summed E-state index contributed by atoms with van der Waals surface area (Å²) >= 11 is 10.1. The first-order valence-corrected chi connectivity index (χ1v) is 9.59. The Morgan fingerprint density at radius 3 is 2.45 bits per heavy atom. The Hall–Kier alpha value is 0.690. The molecule has 118 valence electrons. The highest BCUT2D eigenvalue weighted by Gasteiger charge is 2.37. The lowest BCUT2D eigenvalue weighted by molar-refractivity contribution is 0.00252. The molecule has 2 N–H and O–H groups in total. The minimum absolute atomic E-state index is 0.150. The van der Waals surface area contributed by atoms with Gasteiger partial charge in [0.2, 0.25) is 0 Å². The third-order valence-electron chi connectivity index (χ3n) is 5.35. The van der Waals surface area contributed by atoms with Gasteiger partial charge in [-0.15, -0.1) is 11.6 Å². The van der Waals surface area contributed by atoms with E-state index in [0.29, 0.717) is 22.6 Å². The zero-order valence-corrected chi connectivity index (χ0v) is 14.9. The normalized spacial score (nSPS) is 35.7. The van der Waals surface area contributed by atoms with E-state index in [1.54, 1.807) is 0 Å². The molecular weight excluding hydrogens is 338 g/mol. The molecule has 3 unspecified atom stereocenters. The number of halogens is 2. The molecule has 2 nitrogen and oxygen atoms in total. The van der Waals surface area contributed by atoms with Gasteiger partial charge in [-0.3, -0.25) is 0 Å². The molecule has 2 aliphatic rings. The second-order valence-electron chi connectivity index (χ2n) is 6.72. The Morgan fingerprint density at radius 1 is 1.15 bits per heavy atom. The Bertz CT molecular complexity index is 284. The summed E-state index contributed by atoms with van der Waals surface area (Å²) < 4.78 is 0. The van der Waals surface area contributed by atoms with Gasteiger partial charge in [0.1, 0.15) is 0 Å². The van der Waals surface area contributed by atoms with Crippen LogP contribution in [0.2, 0.25) is 0 Å². The van der Waals surface area contributed by atoms with Gasteiger partial charge in [-0.25, -0.2) is 0 Å². The lowest BCUT2D eigenvalue weighted by Crippen LogP contribution is -2.43. The Kier molecular flexibility index (Phi) is 7.12. The number of nitrogens with one attached hydrogen (secondary N) is 1. The van der Waals surface area contributed by atoms with Gasteiger partial charge < -0.3 is 10.4 Å². The number of aliphatic hydroxyl groups is 1. The van der Waals surface area contributed by atoms with E-state index in [1.165, 1.54) is 38.5 Å². The first kappa shape index (κ1) is 17.1. The molecule has 0 aromatic carbocycles. The molecule has 2 saturated carbocycles. The van der Waals surface area contributed by atoms with Crippen LogP contribution < -0.4 is 5.32 Å². The summed E-state index contributed by atoms with van der Waals surface area (Å²) in [5.41, 5.74) is 0. The molecule has 4 heteroatoms. The van der Waals surface area contributed by atoms with Crippen molar-refractivity contribution in [2.75, 3.05) is 13.6 Å². The average Bonchev–Trinajstić information content (AvgIpc) is 2.48. The van der Waals surface area contributed by atoms with Crippen LogP contribution in [0.3, 0.4) is 0 Å². The van der Waals surface area contributed by atoms with Gasteiger partial charge in [0, 0.05) is 22.7 Å². The molecule has 0 bridgehead atoms. The van der Waals surface area contributed by atoms with Gasteiger partial charge in [-0.05, 0) is 51.0 Å². The predicted octanol–water partition coefficient (Wildman–Crippen LogP) is 3.93. The molecule has 0 heterocycles. The highest BCUT2D eigenvalue weighted by Crippen LogP contribution is 2.40. The third-order valence-corrected chi connectivity index (χ3v) is 7.23. The number of alkyl halides is 2. The first-order valence-electron chi connectivity index (χ1n) is 8.24. The minimum Gasteiger partial charge on any atom is -0.392 e. The minimum atomic E-state index is -0.150. The first-order chi connectivity index (χ1) is 9.63. The maximum absolute atomic E-state index is 10.9. The van der Waals surface area contributed by atoms with Crippen molar-refractivity contribution in [2.45, 2.75) is 67.7 Å². The molecule has 0 radical (unpaired) electrons. The molecule has 2 aliphatic carbocycles. The zero-order valence-electron chi connectivity index (χ0n) is 12.5. The average molecular weight is 367 g/mol. The van der Waals surface area contributed by atoms with Crippen molar-refractivity contribution in [1.82, 2.24) is 5.32 Å². The topological polar surface area (TPSA) is 32.3 Å². The molecule has 0 aliphatic heterocycles. The SMILES string of the molecule is CNC[C@H](C1CCC(Br)C(Cl)C1)[C@@H](O)C1CCCCC1. The fraction of sp³-hybridized carbons (Fsp3) is 1.00. The fourth-order valence-corrected chi connectivity index (χ4v) is 4.96. The van der Waals surface area contributed by atoms with Gasteiger partial charge in [0.05, 0.1) is 6.10 Å². The van der Waals surface area contributed by atoms with E-state index < -0.39 is 0 Å². The molecular formula is C16H29BrClNO. The van der Waals surface area contributed by atoms with Crippen molar-refractivity contribution >= 4 is 27.5 Å². The van der Waals surface area contributed by atoms with Crippen LogP contribution in [0.1, 0.15) is 51.4 Å². The molecule has 0 saturated heterocycles. The summed E-state index contributed by atoms with van der Waals surface area (Å²) in [5, 5.41) is 14.4. The van der Waals surface area contributed by atoms with E-state index in [9.17, 15) is 5.11 Å². The van der Waals surface area contributed by atoms with E-state index in [2.05, 4.69) is 21.2 Å². The number of hydrogen-bond donors (Lipinski definition) is 2. The van der Waals surface area contributed by atoms with E-state index in [1.807, 2.05) is 7.05 Å². The summed E-state index contributed by atoms with van der Waals surface area (Å²) in [7, 11) is 1.99. The van der Waals surface area contributed by atoms with Crippen LogP contribution in [-0.2, 0) is 0 Å². The number of hydrogen-bond acceptors (Lipinski definition) is 2. The summed E-state index contributed by atoms with van der Waals surface area (Å²) in [6.07, 6.45) is 9.56. The summed E-state index contributed by atoms with van der Waals surface area (Å²) in [6.45, 7) is 0.916. The van der Waals surface area contributed by atoms with Crippen LogP contribution in [-0.4, -0.2) is 35.0 Å². The third kappa shape index (κ3) is 4.34. The lowest BCUT2D eigenvalue weighted by Gasteiger charge is -2.40. The molecule has 2 fully saturated rings. The van der Waals surface area contributed by atoms with Crippen LogP contribution in [0.25, 0.3) is 0 Å². The van der Waals surface area contributed by atoms with Crippen LogP contribution in [0, 0.1) is 17.8 Å². The maximum Gasteiger partial charge on any atom is 0.0611 e. The Balaban J connectivity index is 1.97. The molecule has 0 spiro atoms. The lowest BCUT2D eigenvalue weighted by atomic mass is 9.71. The van der Waals surface area contributed by atoms with E-state index in [-0.39, 0.29) is 11.5 Å². The van der Waals surface area contributed by atoms with Crippen molar-refractivity contribution in [3.05, 3.63) is 0 Å². The van der Waals surface area contributed by atoms with Crippen molar-refractivity contribution in [3.63, 3.8) is 0 Å². The van der Waals surface area contributed by atoms with E-state index in [0.717, 1.165) is 19.4 Å². The maximum atomic E-state index is 10.9. The van der Waals surface area contributed by atoms with Gasteiger partial charge >= 0.3 is 0 Å². The van der Waals surface area contributed by atoms with Crippen LogP contribution >= 0.6 is 27.5 Å². The molecule has 0 aromatic heterocycles. The van der Waals surface area contributed by atoms with Crippen LogP contribution in [0.5, 0.6) is 0 Å². The molecule has 2 rings (SSSR count). The largest absolute Gasteiger partial charge is 0.392 e. The Labute approximate surface area is 137 Å². The van der Waals surface area contributed by atoms with Gasteiger partial charge in [0.15, 0.2) is 0 Å². The van der Waals surface area contributed by atoms with Crippen molar-refractivity contribution in [3.8, 4) is 0 Å².